The zero-order valence-electron chi connectivity index (χ0n) is 7.51. The van der Waals surface area contributed by atoms with Gasteiger partial charge in [0.25, 0.3) is 0 Å². The Labute approximate surface area is 77.7 Å². The number of pyridine rings is 1. The molecule has 0 spiro atoms. The number of nitriles is 1. The van der Waals surface area contributed by atoms with E-state index in [9.17, 15) is 5.11 Å². The third-order valence-electron chi connectivity index (χ3n) is 1.98. The fourth-order valence-corrected chi connectivity index (χ4v) is 1.14. The van der Waals surface area contributed by atoms with Gasteiger partial charge in [-0.25, -0.2) is 0 Å². The summed E-state index contributed by atoms with van der Waals surface area (Å²) in [5.41, 5.74) is 0.566. The number of hydrogen-bond acceptors (Lipinski definition) is 3. The SMILES string of the molecule is CCC(C#N)C(O)c1ccccn1. The van der Waals surface area contributed by atoms with Crippen LogP contribution in [0.5, 0.6) is 0 Å². The van der Waals surface area contributed by atoms with Crippen LogP contribution in [-0.4, -0.2) is 10.1 Å². The largest absolute Gasteiger partial charge is 0.385 e. The maximum Gasteiger partial charge on any atom is 0.112 e. The van der Waals surface area contributed by atoms with E-state index in [0.717, 1.165) is 0 Å². The van der Waals surface area contributed by atoms with Crippen molar-refractivity contribution in [2.45, 2.75) is 19.4 Å². The minimum absolute atomic E-state index is 0.366. The number of aliphatic hydroxyl groups excluding tert-OH is 1. The smallest absolute Gasteiger partial charge is 0.112 e. The Morgan fingerprint density at radius 1 is 1.62 bits per heavy atom. The summed E-state index contributed by atoms with van der Waals surface area (Å²) in [5.74, 6) is -0.366. The Bertz CT molecular complexity index is 292. The van der Waals surface area contributed by atoms with Crippen molar-refractivity contribution in [2.24, 2.45) is 5.92 Å². The molecular weight excluding hydrogens is 164 g/mol. The highest BCUT2D eigenvalue weighted by Crippen LogP contribution is 2.21. The van der Waals surface area contributed by atoms with Gasteiger partial charge in [0.1, 0.15) is 6.10 Å². The molecule has 0 saturated heterocycles. The summed E-state index contributed by atoms with van der Waals surface area (Å²) >= 11 is 0. The van der Waals surface area contributed by atoms with E-state index in [1.165, 1.54) is 0 Å². The molecule has 0 saturated carbocycles. The van der Waals surface area contributed by atoms with Crippen LogP contribution in [0.1, 0.15) is 25.1 Å². The second kappa shape index (κ2) is 4.58. The molecule has 1 N–H and O–H groups in total. The van der Waals surface area contributed by atoms with E-state index in [0.29, 0.717) is 12.1 Å². The fraction of sp³-hybridized carbons (Fsp3) is 0.400. The van der Waals surface area contributed by atoms with Gasteiger partial charge in [-0.15, -0.1) is 0 Å². The molecule has 0 fully saturated rings. The molecule has 1 aromatic rings. The highest BCUT2D eigenvalue weighted by molar-refractivity contribution is 5.10. The van der Waals surface area contributed by atoms with Gasteiger partial charge < -0.3 is 5.11 Å². The molecule has 68 valence electrons. The number of aliphatic hydroxyl groups is 1. The summed E-state index contributed by atoms with van der Waals surface area (Å²) in [4.78, 5) is 3.99. The van der Waals surface area contributed by atoms with Crippen molar-refractivity contribution < 1.29 is 5.11 Å². The fourth-order valence-electron chi connectivity index (χ4n) is 1.14. The Morgan fingerprint density at radius 2 is 2.38 bits per heavy atom. The Kier molecular flexibility index (Phi) is 3.41. The topological polar surface area (TPSA) is 56.9 Å². The van der Waals surface area contributed by atoms with Crippen LogP contribution >= 0.6 is 0 Å². The van der Waals surface area contributed by atoms with Crippen molar-refractivity contribution >= 4 is 0 Å². The maximum absolute atomic E-state index is 9.70. The van der Waals surface area contributed by atoms with E-state index >= 15 is 0 Å². The van der Waals surface area contributed by atoms with Crippen LogP contribution in [0.3, 0.4) is 0 Å². The van der Waals surface area contributed by atoms with Gasteiger partial charge in [0, 0.05) is 6.20 Å². The van der Waals surface area contributed by atoms with E-state index in [4.69, 9.17) is 5.26 Å². The molecule has 1 rings (SSSR count). The number of rotatable bonds is 3. The molecule has 13 heavy (non-hydrogen) atoms. The van der Waals surface area contributed by atoms with E-state index in [1.54, 1.807) is 24.4 Å². The van der Waals surface area contributed by atoms with Gasteiger partial charge in [-0.1, -0.05) is 13.0 Å². The Balaban J connectivity index is 2.79. The van der Waals surface area contributed by atoms with Crippen molar-refractivity contribution in [2.75, 3.05) is 0 Å². The summed E-state index contributed by atoms with van der Waals surface area (Å²) in [6.07, 6.45) is 1.48. The third kappa shape index (κ3) is 2.27. The molecule has 1 aromatic heterocycles. The lowest BCUT2D eigenvalue weighted by Crippen LogP contribution is -2.10. The molecule has 1 heterocycles. The lowest BCUT2D eigenvalue weighted by molar-refractivity contribution is 0.128. The number of hydrogen-bond donors (Lipinski definition) is 1. The van der Waals surface area contributed by atoms with Crippen molar-refractivity contribution in [1.29, 1.82) is 5.26 Å². The first-order valence-corrected chi connectivity index (χ1v) is 4.28. The third-order valence-corrected chi connectivity index (χ3v) is 1.98. The van der Waals surface area contributed by atoms with Crippen molar-refractivity contribution in [3.8, 4) is 6.07 Å². The van der Waals surface area contributed by atoms with Gasteiger partial charge in [0.2, 0.25) is 0 Å². The first-order valence-electron chi connectivity index (χ1n) is 4.28. The highest BCUT2D eigenvalue weighted by Gasteiger charge is 2.19. The molecule has 3 heteroatoms. The van der Waals surface area contributed by atoms with Crippen LogP contribution in [0.25, 0.3) is 0 Å². The van der Waals surface area contributed by atoms with Gasteiger partial charge in [0.05, 0.1) is 17.7 Å². The second-order valence-electron chi connectivity index (χ2n) is 2.84. The summed E-state index contributed by atoms with van der Waals surface area (Å²) in [6.45, 7) is 1.88. The van der Waals surface area contributed by atoms with E-state index in [1.807, 2.05) is 6.92 Å². The summed E-state index contributed by atoms with van der Waals surface area (Å²) in [7, 11) is 0. The minimum Gasteiger partial charge on any atom is -0.385 e. The van der Waals surface area contributed by atoms with E-state index < -0.39 is 6.10 Å². The standard InChI is InChI=1S/C10H12N2O/c1-2-8(7-11)10(13)9-5-3-4-6-12-9/h3-6,8,10,13H,2H2,1H3. The molecule has 0 aromatic carbocycles. The van der Waals surface area contributed by atoms with Crippen LogP contribution in [0, 0.1) is 17.2 Å². The van der Waals surface area contributed by atoms with E-state index in [-0.39, 0.29) is 5.92 Å². The summed E-state index contributed by atoms with van der Waals surface area (Å²) in [6, 6.07) is 7.37. The quantitative estimate of drug-likeness (QED) is 0.762. The Hall–Kier alpha value is -1.40. The van der Waals surface area contributed by atoms with Crippen molar-refractivity contribution in [3.05, 3.63) is 30.1 Å². The average molecular weight is 176 g/mol. The van der Waals surface area contributed by atoms with Gasteiger partial charge >= 0.3 is 0 Å². The van der Waals surface area contributed by atoms with Crippen LogP contribution in [0.4, 0.5) is 0 Å². The maximum atomic E-state index is 9.70. The number of aromatic nitrogens is 1. The number of nitrogens with zero attached hydrogens (tertiary/aromatic N) is 2. The molecule has 2 atom stereocenters. The van der Waals surface area contributed by atoms with Crippen molar-refractivity contribution in [1.82, 2.24) is 4.98 Å². The Morgan fingerprint density at radius 3 is 2.85 bits per heavy atom. The van der Waals surface area contributed by atoms with Gasteiger partial charge in [-0.3, -0.25) is 4.98 Å². The zero-order valence-corrected chi connectivity index (χ0v) is 7.51. The zero-order chi connectivity index (χ0) is 9.68. The molecule has 2 unspecified atom stereocenters. The first kappa shape index (κ1) is 9.69. The minimum atomic E-state index is -0.767. The molecule has 0 bridgehead atoms. The second-order valence-corrected chi connectivity index (χ2v) is 2.84. The molecule has 0 aliphatic carbocycles. The summed E-state index contributed by atoms with van der Waals surface area (Å²) in [5, 5.41) is 18.4. The monoisotopic (exact) mass is 176 g/mol. The van der Waals surface area contributed by atoms with Crippen LogP contribution in [-0.2, 0) is 0 Å². The molecule has 0 aliphatic heterocycles. The molecule has 0 radical (unpaired) electrons. The van der Waals surface area contributed by atoms with Crippen molar-refractivity contribution in [3.63, 3.8) is 0 Å². The molecule has 0 amide bonds. The van der Waals surface area contributed by atoms with Crippen LogP contribution in [0.15, 0.2) is 24.4 Å². The average Bonchev–Trinajstić information content (AvgIpc) is 2.21. The van der Waals surface area contributed by atoms with Gasteiger partial charge in [-0.2, -0.15) is 5.26 Å². The van der Waals surface area contributed by atoms with Crippen LogP contribution < -0.4 is 0 Å². The van der Waals surface area contributed by atoms with Gasteiger partial charge in [-0.05, 0) is 18.6 Å². The molecular formula is C10H12N2O. The van der Waals surface area contributed by atoms with Gasteiger partial charge in [0.15, 0.2) is 0 Å². The predicted octanol–water partition coefficient (Wildman–Crippen LogP) is 1.66. The normalized spacial score (nSPS) is 14.5. The lowest BCUT2D eigenvalue weighted by Gasteiger charge is -2.13. The summed E-state index contributed by atoms with van der Waals surface area (Å²) < 4.78 is 0. The molecule has 3 nitrogen and oxygen atoms in total. The highest BCUT2D eigenvalue weighted by atomic mass is 16.3. The molecule has 0 aliphatic rings. The lowest BCUT2D eigenvalue weighted by atomic mass is 9.98. The van der Waals surface area contributed by atoms with Crippen LogP contribution in [0.2, 0.25) is 0 Å². The predicted molar refractivity (Wildman–Crippen MR) is 48.6 cm³/mol. The van der Waals surface area contributed by atoms with E-state index in [2.05, 4.69) is 11.1 Å². The first-order chi connectivity index (χ1) is 6.29.